The molecule has 1 amide bonds. The molecule has 1 fully saturated rings. The highest BCUT2D eigenvalue weighted by Gasteiger charge is 2.54. The van der Waals surface area contributed by atoms with Crippen LogP contribution in [0.15, 0.2) is 23.4 Å². The maximum absolute atomic E-state index is 13.2. The lowest BCUT2D eigenvalue weighted by molar-refractivity contribution is -0.119. The number of halogens is 1. The van der Waals surface area contributed by atoms with Crippen LogP contribution in [0.1, 0.15) is 18.4 Å². The number of aryl methyl sites for hydroxylation is 1. The Balaban J connectivity index is 2.17. The van der Waals surface area contributed by atoms with Crippen molar-refractivity contribution in [3.05, 3.63) is 29.6 Å². The first-order valence-electron chi connectivity index (χ1n) is 5.54. The molecule has 1 aromatic carbocycles. The van der Waals surface area contributed by atoms with Crippen molar-refractivity contribution in [2.45, 2.75) is 19.8 Å². The molecule has 6 heteroatoms. The number of nitrogens with one attached hydrogen (secondary N) is 1. The highest BCUT2D eigenvalue weighted by molar-refractivity contribution is 6.14. The molecule has 0 bridgehead atoms. The molecular formula is C12H14FN3O2. The third-order valence-electron chi connectivity index (χ3n) is 3.08. The van der Waals surface area contributed by atoms with E-state index >= 15 is 0 Å². The second-order valence-corrected chi connectivity index (χ2v) is 4.54. The quantitative estimate of drug-likeness (QED) is 0.330. The van der Waals surface area contributed by atoms with Crippen LogP contribution in [0.5, 0.6) is 0 Å². The Morgan fingerprint density at radius 1 is 1.50 bits per heavy atom. The van der Waals surface area contributed by atoms with E-state index in [-0.39, 0.29) is 11.7 Å². The molecule has 96 valence electrons. The van der Waals surface area contributed by atoms with Crippen LogP contribution in [-0.2, 0) is 4.79 Å². The molecule has 0 spiro atoms. The number of hydrogen-bond donors (Lipinski definition) is 3. The highest BCUT2D eigenvalue weighted by atomic mass is 19.1. The minimum absolute atomic E-state index is 0.104. The zero-order valence-electron chi connectivity index (χ0n) is 9.90. The van der Waals surface area contributed by atoms with Gasteiger partial charge in [-0.25, -0.2) is 4.39 Å². The number of rotatable bonds is 3. The van der Waals surface area contributed by atoms with E-state index in [1.54, 1.807) is 13.0 Å². The van der Waals surface area contributed by atoms with E-state index in [0.29, 0.717) is 24.1 Å². The number of nitrogens with zero attached hydrogens (tertiary/aromatic N) is 1. The van der Waals surface area contributed by atoms with Crippen LogP contribution in [-0.4, -0.2) is 17.0 Å². The molecule has 0 aliphatic heterocycles. The molecule has 1 saturated carbocycles. The second-order valence-electron chi connectivity index (χ2n) is 4.54. The molecule has 2 rings (SSSR count). The lowest BCUT2D eigenvalue weighted by Gasteiger charge is -2.14. The maximum Gasteiger partial charge on any atom is 0.238 e. The van der Waals surface area contributed by atoms with Gasteiger partial charge in [0.1, 0.15) is 11.2 Å². The molecule has 5 nitrogen and oxygen atoms in total. The van der Waals surface area contributed by atoms with Crippen molar-refractivity contribution < 1.29 is 14.4 Å². The third kappa shape index (κ3) is 2.13. The molecular weight excluding hydrogens is 237 g/mol. The van der Waals surface area contributed by atoms with Crippen molar-refractivity contribution in [3.63, 3.8) is 0 Å². The Kier molecular flexibility index (Phi) is 2.94. The van der Waals surface area contributed by atoms with Gasteiger partial charge >= 0.3 is 0 Å². The largest absolute Gasteiger partial charge is 0.409 e. The summed E-state index contributed by atoms with van der Waals surface area (Å²) in [6.45, 7) is 1.73. The normalized spacial score (nSPS) is 17.3. The summed E-state index contributed by atoms with van der Waals surface area (Å²) >= 11 is 0. The molecule has 18 heavy (non-hydrogen) atoms. The van der Waals surface area contributed by atoms with Crippen LogP contribution >= 0.6 is 0 Å². The first kappa shape index (κ1) is 12.3. The summed E-state index contributed by atoms with van der Waals surface area (Å²) in [4.78, 5) is 12.0. The van der Waals surface area contributed by atoms with Gasteiger partial charge in [-0.3, -0.25) is 4.79 Å². The fourth-order valence-corrected chi connectivity index (χ4v) is 1.88. The van der Waals surface area contributed by atoms with Gasteiger partial charge in [0.25, 0.3) is 0 Å². The van der Waals surface area contributed by atoms with Gasteiger partial charge < -0.3 is 16.3 Å². The van der Waals surface area contributed by atoms with Gasteiger partial charge in [0.05, 0.1) is 0 Å². The summed E-state index contributed by atoms with van der Waals surface area (Å²) in [6, 6.07) is 4.25. The lowest BCUT2D eigenvalue weighted by Crippen LogP contribution is -2.36. The Hall–Kier alpha value is -2.11. The first-order valence-corrected chi connectivity index (χ1v) is 5.54. The number of nitrogens with two attached hydrogens (primary N) is 1. The summed E-state index contributed by atoms with van der Waals surface area (Å²) in [6.07, 6.45) is 1.06. The van der Waals surface area contributed by atoms with Crippen LogP contribution in [0.25, 0.3) is 0 Å². The summed E-state index contributed by atoms with van der Waals surface area (Å²) in [7, 11) is 0. The third-order valence-corrected chi connectivity index (χ3v) is 3.08. The van der Waals surface area contributed by atoms with E-state index in [2.05, 4.69) is 10.5 Å². The molecule has 4 N–H and O–H groups in total. The van der Waals surface area contributed by atoms with E-state index < -0.39 is 11.2 Å². The topological polar surface area (TPSA) is 87.7 Å². The zero-order valence-corrected chi connectivity index (χ0v) is 9.90. The van der Waals surface area contributed by atoms with E-state index in [9.17, 15) is 9.18 Å². The SMILES string of the molecule is Cc1cc(F)cc(NC(=O)C2(/C(N)=N/O)CC2)c1. The highest BCUT2D eigenvalue weighted by Crippen LogP contribution is 2.46. The number of amides is 1. The van der Waals surface area contributed by atoms with Crippen molar-refractivity contribution in [1.29, 1.82) is 0 Å². The van der Waals surface area contributed by atoms with Crippen LogP contribution in [0, 0.1) is 18.2 Å². The molecule has 0 unspecified atom stereocenters. The molecule has 0 heterocycles. The molecule has 0 atom stereocenters. The van der Waals surface area contributed by atoms with Crippen molar-refractivity contribution in [2.24, 2.45) is 16.3 Å². The summed E-state index contributed by atoms with van der Waals surface area (Å²) < 4.78 is 13.2. The van der Waals surface area contributed by atoms with Crippen LogP contribution < -0.4 is 11.1 Å². The molecule has 1 aliphatic rings. The van der Waals surface area contributed by atoms with Gasteiger partial charge in [-0.1, -0.05) is 5.16 Å². The van der Waals surface area contributed by atoms with E-state index in [1.807, 2.05) is 0 Å². The van der Waals surface area contributed by atoms with Crippen molar-refractivity contribution in [3.8, 4) is 0 Å². The van der Waals surface area contributed by atoms with E-state index in [1.165, 1.54) is 12.1 Å². The number of anilines is 1. The fourth-order valence-electron chi connectivity index (χ4n) is 1.88. The monoisotopic (exact) mass is 251 g/mol. The summed E-state index contributed by atoms with van der Waals surface area (Å²) in [5, 5.41) is 14.1. The predicted molar refractivity (Wildman–Crippen MR) is 64.8 cm³/mol. The van der Waals surface area contributed by atoms with Crippen molar-refractivity contribution in [1.82, 2.24) is 0 Å². The molecule has 1 aromatic rings. The Morgan fingerprint density at radius 2 is 2.17 bits per heavy atom. The number of oxime groups is 1. The van der Waals surface area contributed by atoms with E-state index in [4.69, 9.17) is 10.9 Å². The van der Waals surface area contributed by atoms with Crippen LogP contribution in [0.4, 0.5) is 10.1 Å². The smallest absolute Gasteiger partial charge is 0.238 e. The number of carbonyl (C=O) groups excluding carboxylic acids is 1. The minimum Gasteiger partial charge on any atom is -0.409 e. The summed E-state index contributed by atoms with van der Waals surface area (Å²) in [5.74, 6) is -0.894. The molecule has 0 radical (unpaired) electrons. The number of carbonyl (C=O) groups is 1. The van der Waals surface area contributed by atoms with Gasteiger partial charge in [-0.2, -0.15) is 0 Å². The van der Waals surface area contributed by atoms with Crippen molar-refractivity contribution in [2.75, 3.05) is 5.32 Å². The van der Waals surface area contributed by atoms with Crippen LogP contribution in [0.2, 0.25) is 0 Å². The minimum atomic E-state index is -0.936. The average molecular weight is 251 g/mol. The standard InChI is InChI=1S/C12H14FN3O2/c1-7-4-8(13)6-9(5-7)15-11(17)12(2-3-12)10(14)16-18/h4-6,18H,2-3H2,1H3,(H2,14,16)(H,15,17). The summed E-state index contributed by atoms with van der Waals surface area (Å²) in [5.41, 5.74) is 5.63. The van der Waals surface area contributed by atoms with Gasteiger partial charge in [-0.15, -0.1) is 0 Å². The first-order chi connectivity index (χ1) is 8.48. The second kappa shape index (κ2) is 4.29. The van der Waals surface area contributed by atoms with Gasteiger partial charge in [-0.05, 0) is 43.5 Å². The number of benzene rings is 1. The van der Waals surface area contributed by atoms with Crippen LogP contribution in [0.3, 0.4) is 0 Å². The average Bonchev–Trinajstić information content (AvgIpc) is 3.07. The predicted octanol–water partition coefficient (Wildman–Crippen LogP) is 1.60. The number of hydrogen-bond acceptors (Lipinski definition) is 3. The Morgan fingerprint density at radius 3 is 2.67 bits per heavy atom. The van der Waals surface area contributed by atoms with Crippen molar-refractivity contribution >= 4 is 17.4 Å². The molecule has 0 aromatic heterocycles. The maximum atomic E-state index is 13.2. The molecule has 1 aliphatic carbocycles. The Labute approximate surface area is 103 Å². The Bertz CT molecular complexity index is 504. The molecule has 0 saturated heterocycles. The van der Waals surface area contributed by atoms with Gasteiger partial charge in [0.15, 0.2) is 5.84 Å². The lowest BCUT2D eigenvalue weighted by atomic mass is 10.0. The fraction of sp³-hybridized carbons (Fsp3) is 0.333. The van der Waals surface area contributed by atoms with Gasteiger partial charge in [0.2, 0.25) is 5.91 Å². The van der Waals surface area contributed by atoms with E-state index in [0.717, 1.165) is 0 Å². The number of amidine groups is 1. The van der Waals surface area contributed by atoms with Gasteiger partial charge in [0, 0.05) is 5.69 Å². The zero-order chi connectivity index (χ0) is 13.3.